The van der Waals surface area contributed by atoms with E-state index in [4.69, 9.17) is 4.98 Å². The zero-order valence-electron chi connectivity index (χ0n) is 21.1. The van der Waals surface area contributed by atoms with Crippen molar-refractivity contribution in [1.82, 2.24) is 19.9 Å². The van der Waals surface area contributed by atoms with Crippen molar-refractivity contribution in [2.75, 3.05) is 10.6 Å². The number of fused-ring (bicyclic) bond motifs is 1. The van der Waals surface area contributed by atoms with Gasteiger partial charge in [-0.25, -0.2) is 4.98 Å². The van der Waals surface area contributed by atoms with Crippen molar-refractivity contribution in [2.24, 2.45) is 0 Å². The maximum Gasteiger partial charge on any atom is 0.0321 e. The summed E-state index contributed by atoms with van der Waals surface area (Å²) in [7, 11) is 0. The molecule has 1 amide bonds. The Morgan fingerprint density at radius 1 is 0.947 bits per heavy atom. The summed E-state index contributed by atoms with van der Waals surface area (Å²) in [5, 5.41) is 7.13. The van der Waals surface area contributed by atoms with Crippen LogP contribution in [0, 0.1) is 6.92 Å². The molecule has 0 unspecified atom stereocenters. The Bertz CT molecular complexity index is 1610. The number of aromatic nitrogens is 4. The second-order valence-electron chi connectivity index (χ2n) is 9.09. The van der Waals surface area contributed by atoms with Crippen LogP contribution in [0.15, 0.2) is 89.0 Å². The third kappa shape index (κ3) is 6.04. The van der Waals surface area contributed by atoms with Crippen LogP contribution >= 0.6 is 11.8 Å². The van der Waals surface area contributed by atoms with Gasteiger partial charge in [0.25, 0.3) is 0 Å². The number of pyridine rings is 2. The van der Waals surface area contributed by atoms with Crippen LogP contribution in [0.2, 0.25) is 0 Å². The molecule has 0 bridgehead atoms. The molecule has 3 aromatic heterocycles. The average Bonchev–Trinajstić information content (AvgIpc) is 2.92. The van der Waals surface area contributed by atoms with Crippen LogP contribution < -0.4 is 15.0 Å². The third-order valence-electron chi connectivity index (χ3n) is 5.82. The van der Waals surface area contributed by atoms with Crippen LogP contribution in [-0.4, -0.2) is 42.7 Å². The molecule has 0 spiro atoms. The molecule has 2 aromatic carbocycles. The van der Waals surface area contributed by atoms with E-state index in [2.05, 4.69) is 80.6 Å². The maximum absolute atomic E-state index is 13.1. The van der Waals surface area contributed by atoms with Gasteiger partial charge in [0.2, 0.25) is 0 Å². The Morgan fingerprint density at radius 3 is 2.50 bits per heavy atom. The maximum atomic E-state index is 13.1. The fraction of sp³-hybridized carbons (Fsp3) is 0.138. The molecule has 0 aliphatic rings. The summed E-state index contributed by atoms with van der Waals surface area (Å²) in [6, 6.07) is 21.5. The van der Waals surface area contributed by atoms with Crippen LogP contribution in [0.1, 0.15) is 41.4 Å². The number of nitrogens with one attached hydrogen (secondary N) is 2. The molecule has 0 fully saturated rings. The summed E-state index contributed by atoms with van der Waals surface area (Å²) in [5.74, 6) is 1.17. The van der Waals surface area contributed by atoms with Crippen LogP contribution in [0.3, 0.4) is 0 Å². The first-order valence-electron chi connectivity index (χ1n) is 12.1. The van der Waals surface area contributed by atoms with E-state index in [0.29, 0.717) is 28.8 Å². The number of rotatable bonds is 7. The number of hydrogen-bond donors (Lipinski definition) is 2. The number of nitrogens with zero attached hydrogens (tertiary/aromatic N) is 4. The number of anilines is 3. The van der Waals surface area contributed by atoms with Gasteiger partial charge in [0.1, 0.15) is 0 Å². The van der Waals surface area contributed by atoms with Crippen molar-refractivity contribution < 1.29 is 4.79 Å². The van der Waals surface area contributed by atoms with Crippen molar-refractivity contribution >= 4 is 67.2 Å². The Morgan fingerprint density at radius 2 is 1.76 bits per heavy atom. The van der Waals surface area contributed by atoms with Crippen LogP contribution in [0.25, 0.3) is 11.0 Å². The summed E-state index contributed by atoms with van der Waals surface area (Å²) in [6.07, 6.45) is 3.23. The Labute approximate surface area is 234 Å². The molecule has 3 heterocycles. The molecule has 0 aliphatic carbocycles. The third-order valence-corrected chi connectivity index (χ3v) is 7.53. The quantitative estimate of drug-likeness (QED) is 0.236. The zero-order chi connectivity index (χ0) is 26.6. The fourth-order valence-corrected chi connectivity index (χ4v) is 4.93. The smallest absolute Gasteiger partial charge is 0.0321 e. The van der Waals surface area contributed by atoms with Crippen molar-refractivity contribution in [3.8, 4) is 0 Å². The monoisotopic (exact) mass is 580 g/mol. The molecule has 0 aliphatic heterocycles. The zero-order valence-corrected chi connectivity index (χ0v) is 23.8. The van der Waals surface area contributed by atoms with Crippen LogP contribution in [-0.2, 0) is 0 Å². The molecule has 188 valence electrons. The number of aryl methyl sites for hydroxylation is 1. The predicted molar refractivity (Wildman–Crippen MR) is 154 cm³/mol. The minimum Gasteiger partial charge on any atom is -0.239 e. The molecule has 7 nitrogen and oxygen atoms in total. The van der Waals surface area contributed by atoms with Crippen molar-refractivity contribution in [3.63, 3.8) is 0 Å². The van der Waals surface area contributed by atoms with Gasteiger partial charge in [0.15, 0.2) is 0 Å². The summed E-state index contributed by atoms with van der Waals surface area (Å²) in [4.78, 5) is 33.0. The molecule has 0 saturated carbocycles. The second-order valence-corrected chi connectivity index (χ2v) is 11.3. The van der Waals surface area contributed by atoms with Crippen molar-refractivity contribution in [2.45, 2.75) is 36.5 Å². The number of carbonyl (C=O) groups is 1. The topological polar surface area (TPSA) is 92.7 Å². The first-order chi connectivity index (χ1) is 18.4. The standard InChI is InChI=1S/C29H25AsN6OS/c1-17(2)23-11-10-22-27(34-23)32-16-33-28(22)35-24-14-19(29(37)36-26-13-4-18(3)15-31-26)5-12-25(24)38-21-8-6-20(30)7-9-21/h4-17H,1-3H3,(H,31,36,37)(H,32,33,34,35). The Balaban J connectivity index is 1.51. The summed E-state index contributed by atoms with van der Waals surface area (Å²) >= 11 is 4.15. The number of amides is 1. The van der Waals surface area contributed by atoms with Gasteiger partial charge in [0, 0.05) is 11.9 Å². The van der Waals surface area contributed by atoms with E-state index in [1.54, 1.807) is 24.0 Å². The van der Waals surface area contributed by atoms with E-state index in [-0.39, 0.29) is 5.91 Å². The second kappa shape index (κ2) is 11.3. The summed E-state index contributed by atoms with van der Waals surface area (Å²) < 4.78 is 1.14. The molecule has 2 radical (unpaired) electrons. The molecule has 5 rings (SSSR count). The number of benzene rings is 2. The molecular formula is C29H25AsN6OS. The molecule has 0 atom stereocenters. The Hall–Kier alpha value is -3.74. The van der Waals surface area contributed by atoms with Gasteiger partial charge in [-0.1, -0.05) is 19.9 Å². The van der Waals surface area contributed by atoms with E-state index in [9.17, 15) is 4.79 Å². The van der Waals surface area contributed by atoms with Gasteiger partial charge in [-0.15, -0.1) is 0 Å². The van der Waals surface area contributed by atoms with Gasteiger partial charge in [-0.3, -0.25) is 0 Å². The summed E-state index contributed by atoms with van der Waals surface area (Å²) in [5.41, 5.74) is 3.87. The van der Waals surface area contributed by atoms with Gasteiger partial charge in [-0.05, 0) is 24.5 Å². The molecule has 0 saturated heterocycles. The Kier molecular flexibility index (Phi) is 7.72. The van der Waals surface area contributed by atoms with Gasteiger partial charge < -0.3 is 0 Å². The number of carbonyl (C=O) groups excluding carboxylic acids is 1. The minimum atomic E-state index is -0.246. The first-order valence-corrected chi connectivity index (χ1v) is 13.8. The van der Waals surface area contributed by atoms with Crippen LogP contribution in [0.4, 0.5) is 17.3 Å². The average molecular weight is 581 g/mol. The molecule has 2 N–H and O–H groups in total. The predicted octanol–water partition coefficient (Wildman–Crippen LogP) is 5.79. The van der Waals surface area contributed by atoms with Gasteiger partial charge in [0.05, 0.1) is 0 Å². The number of hydrogen-bond acceptors (Lipinski definition) is 7. The van der Waals surface area contributed by atoms with E-state index in [1.807, 2.05) is 43.3 Å². The largest absolute Gasteiger partial charge is 0.239 e. The van der Waals surface area contributed by atoms with E-state index in [0.717, 1.165) is 36.5 Å². The van der Waals surface area contributed by atoms with E-state index in [1.165, 1.54) is 6.33 Å². The van der Waals surface area contributed by atoms with Crippen LogP contribution in [0.5, 0.6) is 0 Å². The van der Waals surface area contributed by atoms with E-state index < -0.39 is 0 Å². The molecule has 9 heteroatoms. The van der Waals surface area contributed by atoms with Gasteiger partial charge >= 0.3 is 174 Å². The molecule has 5 aromatic rings. The first kappa shape index (κ1) is 25.9. The summed E-state index contributed by atoms with van der Waals surface area (Å²) in [6.45, 7) is 6.16. The van der Waals surface area contributed by atoms with Crippen molar-refractivity contribution in [1.29, 1.82) is 0 Å². The molecule has 38 heavy (non-hydrogen) atoms. The van der Waals surface area contributed by atoms with Gasteiger partial charge in [-0.2, -0.15) is 0 Å². The van der Waals surface area contributed by atoms with Crippen molar-refractivity contribution in [3.05, 3.63) is 96.1 Å². The molecular weight excluding hydrogens is 555 g/mol. The minimum absolute atomic E-state index is 0.246. The fourth-order valence-electron chi connectivity index (χ4n) is 3.74. The normalized spacial score (nSPS) is 11.1. The SMILES string of the molecule is Cc1ccc(NC(=O)c2ccc(Sc3ccc([As])cc3)c(Nc3ncnc4nc(C(C)C)ccc34)c2)nc1. The van der Waals surface area contributed by atoms with E-state index >= 15 is 0 Å².